The van der Waals surface area contributed by atoms with Gasteiger partial charge in [-0.3, -0.25) is 9.69 Å². The van der Waals surface area contributed by atoms with Gasteiger partial charge in [0.1, 0.15) is 5.76 Å². The minimum absolute atomic E-state index is 0.337. The first-order valence-electron chi connectivity index (χ1n) is 7.58. The molecule has 5 nitrogen and oxygen atoms in total. The smallest absolute Gasteiger partial charge is 0.225 e. The summed E-state index contributed by atoms with van der Waals surface area (Å²) in [5.74, 6) is 1.63. The van der Waals surface area contributed by atoms with Crippen LogP contribution in [0.2, 0.25) is 0 Å². The monoisotopic (exact) mass is 277 g/mol. The van der Waals surface area contributed by atoms with Gasteiger partial charge in [0.15, 0.2) is 0 Å². The number of carbonyl (C=O) groups is 1. The standard InChI is InChI=1S/C15H23N3O2/c1-11-14(12(2)20-16-11)10-17-6-3-7-18(9-8-17)15(19)13-4-5-13/h13H,3-10H2,1-2H3. The van der Waals surface area contributed by atoms with Crippen LogP contribution < -0.4 is 0 Å². The van der Waals surface area contributed by atoms with E-state index in [1.54, 1.807) is 0 Å². The SMILES string of the molecule is Cc1noc(C)c1CN1CCCN(C(=O)C2CC2)CC1. The van der Waals surface area contributed by atoms with Crippen molar-refractivity contribution in [3.63, 3.8) is 0 Å². The van der Waals surface area contributed by atoms with Crippen molar-refractivity contribution in [2.24, 2.45) is 5.92 Å². The highest BCUT2D eigenvalue weighted by molar-refractivity contribution is 5.81. The molecule has 5 heteroatoms. The summed E-state index contributed by atoms with van der Waals surface area (Å²) < 4.78 is 5.23. The molecule has 0 atom stereocenters. The molecule has 1 saturated heterocycles. The lowest BCUT2D eigenvalue weighted by molar-refractivity contribution is -0.132. The fraction of sp³-hybridized carbons (Fsp3) is 0.733. The molecule has 20 heavy (non-hydrogen) atoms. The topological polar surface area (TPSA) is 49.6 Å². The molecular weight excluding hydrogens is 254 g/mol. The van der Waals surface area contributed by atoms with Gasteiger partial charge in [0.25, 0.3) is 0 Å². The van der Waals surface area contributed by atoms with Crippen molar-refractivity contribution >= 4 is 5.91 Å². The van der Waals surface area contributed by atoms with Crippen LogP contribution in [0, 0.1) is 19.8 Å². The maximum absolute atomic E-state index is 12.1. The molecule has 1 amide bonds. The van der Waals surface area contributed by atoms with Gasteiger partial charge in [-0.2, -0.15) is 0 Å². The second-order valence-electron chi connectivity index (χ2n) is 6.03. The van der Waals surface area contributed by atoms with Gasteiger partial charge >= 0.3 is 0 Å². The van der Waals surface area contributed by atoms with Crippen LogP contribution in [0.1, 0.15) is 36.3 Å². The van der Waals surface area contributed by atoms with Gasteiger partial charge in [0.2, 0.25) is 5.91 Å². The number of aryl methyl sites for hydroxylation is 2. The summed E-state index contributed by atoms with van der Waals surface area (Å²) >= 11 is 0. The summed E-state index contributed by atoms with van der Waals surface area (Å²) in [6.45, 7) is 8.60. The molecular formula is C15H23N3O2. The zero-order valence-electron chi connectivity index (χ0n) is 12.4. The van der Waals surface area contributed by atoms with E-state index in [-0.39, 0.29) is 0 Å². The average molecular weight is 277 g/mol. The van der Waals surface area contributed by atoms with Crippen molar-refractivity contribution in [3.05, 3.63) is 17.0 Å². The maximum Gasteiger partial charge on any atom is 0.225 e. The number of amides is 1. The Morgan fingerprint density at radius 2 is 2.05 bits per heavy atom. The first-order chi connectivity index (χ1) is 9.65. The first kappa shape index (κ1) is 13.6. The van der Waals surface area contributed by atoms with Crippen molar-refractivity contribution in [2.45, 2.75) is 39.7 Å². The van der Waals surface area contributed by atoms with Gasteiger partial charge in [-0.05, 0) is 33.1 Å². The van der Waals surface area contributed by atoms with E-state index < -0.39 is 0 Å². The fourth-order valence-electron chi connectivity index (χ4n) is 2.89. The highest BCUT2D eigenvalue weighted by Gasteiger charge is 2.33. The van der Waals surface area contributed by atoms with E-state index in [9.17, 15) is 4.79 Å². The van der Waals surface area contributed by atoms with Crippen LogP contribution in [-0.4, -0.2) is 47.0 Å². The quantitative estimate of drug-likeness (QED) is 0.844. The highest BCUT2D eigenvalue weighted by Crippen LogP contribution is 2.31. The molecule has 0 N–H and O–H groups in total. The van der Waals surface area contributed by atoms with Crippen molar-refractivity contribution in [3.8, 4) is 0 Å². The Bertz CT molecular complexity index is 474. The molecule has 1 aliphatic carbocycles. The Morgan fingerprint density at radius 1 is 1.25 bits per heavy atom. The normalized spacial score (nSPS) is 21.0. The lowest BCUT2D eigenvalue weighted by Gasteiger charge is -2.22. The summed E-state index contributed by atoms with van der Waals surface area (Å²) in [6, 6.07) is 0. The summed E-state index contributed by atoms with van der Waals surface area (Å²) in [7, 11) is 0. The van der Waals surface area contributed by atoms with Crippen LogP contribution in [0.15, 0.2) is 4.52 Å². The molecule has 2 aliphatic rings. The minimum atomic E-state index is 0.337. The molecule has 0 unspecified atom stereocenters. The summed E-state index contributed by atoms with van der Waals surface area (Å²) in [5.41, 5.74) is 2.18. The lowest BCUT2D eigenvalue weighted by Crippen LogP contribution is -2.36. The molecule has 1 aromatic heterocycles. The van der Waals surface area contributed by atoms with E-state index >= 15 is 0 Å². The summed E-state index contributed by atoms with van der Waals surface area (Å²) in [4.78, 5) is 16.6. The van der Waals surface area contributed by atoms with Crippen LogP contribution in [0.4, 0.5) is 0 Å². The van der Waals surface area contributed by atoms with Crippen molar-refractivity contribution < 1.29 is 9.32 Å². The molecule has 2 fully saturated rings. The molecule has 3 rings (SSSR count). The Balaban J connectivity index is 1.58. The lowest BCUT2D eigenvalue weighted by atomic mass is 10.2. The number of nitrogens with zero attached hydrogens (tertiary/aromatic N) is 3. The molecule has 2 heterocycles. The van der Waals surface area contributed by atoms with Crippen molar-refractivity contribution in [1.82, 2.24) is 15.0 Å². The van der Waals surface area contributed by atoms with Gasteiger partial charge in [0.05, 0.1) is 5.69 Å². The maximum atomic E-state index is 12.1. The summed E-state index contributed by atoms with van der Waals surface area (Å²) in [6.07, 6.45) is 3.25. The highest BCUT2D eigenvalue weighted by atomic mass is 16.5. The Labute approximate surface area is 119 Å². The third-order valence-electron chi connectivity index (χ3n) is 4.39. The first-order valence-corrected chi connectivity index (χ1v) is 7.58. The fourth-order valence-corrected chi connectivity index (χ4v) is 2.89. The average Bonchev–Trinajstić information content (AvgIpc) is 3.24. The molecule has 0 aromatic carbocycles. The number of hydrogen-bond donors (Lipinski definition) is 0. The molecule has 1 saturated carbocycles. The number of carbonyl (C=O) groups excluding carboxylic acids is 1. The van der Waals surface area contributed by atoms with E-state index in [2.05, 4.69) is 15.0 Å². The van der Waals surface area contributed by atoms with Gasteiger partial charge in [0, 0.05) is 44.2 Å². The molecule has 1 aromatic rings. The van der Waals surface area contributed by atoms with Gasteiger partial charge in [-0.1, -0.05) is 5.16 Å². The van der Waals surface area contributed by atoms with Crippen LogP contribution >= 0.6 is 0 Å². The molecule has 0 bridgehead atoms. The van der Waals surface area contributed by atoms with Crippen LogP contribution in [0.25, 0.3) is 0 Å². The van der Waals surface area contributed by atoms with Crippen LogP contribution in [0.3, 0.4) is 0 Å². The minimum Gasteiger partial charge on any atom is -0.361 e. The van der Waals surface area contributed by atoms with Gasteiger partial charge in [-0.25, -0.2) is 0 Å². The Hall–Kier alpha value is -1.36. The van der Waals surface area contributed by atoms with E-state index in [0.717, 1.165) is 63.4 Å². The Morgan fingerprint density at radius 3 is 2.70 bits per heavy atom. The molecule has 110 valence electrons. The zero-order chi connectivity index (χ0) is 14.1. The number of rotatable bonds is 3. The van der Waals surface area contributed by atoms with Crippen LogP contribution in [0.5, 0.6) is 0 Å². The van der Waals surface area contributed by atoms with E-state index in [4.69, 9.17) is 4.52 Å². The predicted octanol–water partition coefficient (Wildman–Crippen LogP) is 1.74. The zero-order valence-corrected chi connectivity index (χ0v) is 12.4. The third kappa shape index (κ3) is 2.87. The van der Waals surface area contributed by atoms with Gasteiger partial charge in [-0.15, -0.1) is 0 Å². The predicted molar refractivity (Wildman–Crippen MR) is 75.2 cm³/mol. The molecule has 0 radical (unpaired) electrons. The number of aromatic nitrogens is 1. The van der Waals surface area contributed by atoms with E-state index in [1.165, 1.54) is 5.56 Å². The largest absolute Gasteiger partial charge is 0.361 e. The molecule has 1 aliphatic heterocycles. The summed E-state index contributed by atoms with van der Waals surface area (Å²) in [5, 5.41) is 4.01. The van der Waals surface area contributed by atoms with Crippen molar-refractivity contribution in [1.29, 1.82) is 0 Å². The van der Waals surface area contributed by atoms with E-state index in [1.807, 2.05) is 13.8 Å². The van der Waals surface area contributed by atoms with Gasteiger partial charge < -0.3 is 9.42 Å². The number of hydrogen-bond acceptors (Lipinski definition) is 4. The Kier molecular flexibility index (Phi) is 3.78. The third-order valence-corrected chi connectivity index (χ3v) is 4.39. The van der Waals surface area contributed by atoms with Crippen molar-refractivity contribution in [2.75, 3.05) is 26.2 Å². The van der Waals surface area contributed by atoms with E-state index in [0.29, 0.717) is 11.8 Å². The second-order valence-corrected chi connectivity index (χ2v) is 6.03. The van der Waals surface area contributed by atoms with Crippen LogP contribution in [-0.2, 0) is 11.3 Å². The second kappa shape index (κ2) is 5.56. The molecule has 0 spiro atoms.